The van der Waals surface area contributed by atoms with Gasteiger partial charge >= 0.3 is 5.97 Å². The molecule has 0 saturated carbocycles. The molecule has 1 aromatic rings. The second-order valence-corrected chi connectivity index (χ2v) is 5.50. The molecule has 0 atom stereocenters. The van der Waals surface area contributed by atoms with Crippen molar-refractivity contribution in [2.45, 2.75) is 0 Å². The zero-order chi connectivity index (χ0) is 13.8. The normalized spacial score (nSPS) is 11.2. The quantitative estimate of drug-likeness (QED) is 0.702. The van der Waals surface area contributed by atoms with Crippen molar-refractivity contribution in [2.24, 2.45) is 0 Å². The third kappa shape index (κ3) is 3.97. The number of hydrogen-bond donors (Lipinski definition) is 3. The van der Waals surface area contributed by atoms with Gasteiger partial charge in [-0.2, -0.15) is 0 Å². The molecule has 0 bridgehead atoms. The zero-order valence-corrected chi connectivity index (χ0v) is 10.4. The number of nitrogens with one attached hydrogen (secondary N) is 2. The van der Waals surface area contributed by atoms with E-state index in [1.54, 1.807) is 0 Å². The summed E-state index contributed by atoms with van der Waals surface area (Å²) in [5.74, 6) is -2.38. The minimum atomic E-state index is -3.32. The van der Waals surface area contributed by atoms with Gasteiger partial charge in [0.25, 0.3) is 0 Å². The standard InChI is InChI=1S/C10H13FN2O4S/c1-12-18(16,17)5-4-13-7-2-3-8(10(14)15)9(11)6-7/h2-3,6,12-13H,4-5H2,1H3,(H,14,15). The van der Waals surface area contributed by atoms with Gasteiger partial charge in [0.15, 0.2) is 0 Å². The van der Waals surface area contributed by atoms with Crippen LogP contribution in [0.25, 0.3) is 0 Å². The molecule has 0 saturated heterocycles. The molecule has 3 N–H and O–H groups in total. The van der Waals surface area contributed by atoms with Gasteiger partial charge in [0.1, 0.15) is 5.82 Å². The van der Waals surface area contributed by atoms with E-state index in [4.69, 9.17) is 5.11 Å². The van der Waals surface area contributed by atoms with Gasteiger partial charge in [-0.25, -0.2) is 22.3 Å². The van der Waals surface area contributed by atoms with Crippen LogP contribution in [0.5, 0.6) is 0 Å². The molecule has 100 valence electrons. The van der Waals surface area contributed by atoms with Crippen molar-refractivity contribution in [1.29, 1.82) is 0 Å². The van der Waals surface area contributed by atoms with Crippen LogP contribution in [-0.2, 0) is 10.0 Å². The van der Waals surface area contributed by atoms with Crippen molar-refractivity contribution < 1.29 is 22.7 Å². The lowest BCUT2D eigenvalue weighted by molar-refractivity contribution is 0.0692. The van der Waals surface area contributed by atoms with Crippen LogP contribution in [-0.4, -0.2) is 38.8 Å². The van der Waals surface area contributed by atoms with Crippen LogP contribution in [0.2, 0.25) is 0 Å². The van der Waals surface area contributed by atoms with Crippen molar-refractivity contribution in [2.75, 3.05) is 24.7 Å². The number of carbonyl (C=O) groups is 1. The van der Waals surface area contributed by atoms with E-state index in [2.05, 4.69) is 10.0 Å². The van der Waals surface area contributed by atoms with Crippen LogP contribution >= 0.6 is 0 Å². The van der Waals surface area contributed by atoms with Gasteiger partial charge in [-0.3, -0.25) is 0 Å². The molecule has 0 unspecified atom stereocenters. The summed E-state index contributed by atoms with van der Waals surface area (Å²) in [6.07, 6.45) is 0. The Morgan fingerprint density at radius 3 is 2.61 bits per heavy atom. The fourth-order valence-corrected chi connectivity index (χ4v) is 1.81. The Morgan fingerprint density at radius 2 is 2.11 bits per heavy atom. The summed E-state index contributed by atoms with van der Waals surface area (Å²) in [6.45, 7) is 0.0923. The molecule has 0 aliphatic rings. The number of anilines is 1. The summed E-state index contributed by atoms with van der Waals surface area (Å²) in [7, 11) is -2.02. The van der Waals surface area contributed by atoms with Crippen LogP contribution in [0.3, 0.4) is 0 Å². The number of sulfonamides is 1. The van der Waals surface area contributed by atoms with Crippen LogP contribution in [0, 0.1) is 5.82 Å². The average molecular weight is 276 g/mol. The zero-order valence-electron chi connectivity index (χ0n) is 9.60. The van der Waals surface area contributed by atoms with Crippen molar-refractivity contribution in [1.82, 2.24) is 4.72 Å². The molecule has 0 aromatic heterocycles. The van der Waals surface area contributed by atoms with Crippen LogP contribution in [0.1, 0.15) is 10.4 Å². The fraction of sp³-hybridized carbons (Fsp3) is 0.300. The molecule has 1 aromatic carbocycles. The molecule has 0 amide bonds. The Morgan fingerprint density at radius 1 is 1.44 bits per heavy atom. The lowest BCUT2D eigenvalue weighted by Crippen LogP contribution is -2.26. The molecule has 0 aliphatic carbocycles. The SMILES string of the molecule is CNS(=O)(=O)CCNc1ccc(C(=O)O)c(F)c1. The van der Waals surface area contributed by atoms with Crippen LogP contribution in [0.15, 0.2) is 18.2 Å². The van der Waals surface area contributed by atoms with Gasteiger partial charge in [0.2, 0.25) is 10.0 Å². The van der Waals surface area contributed by atoms with Gasteiger partial charge < -0.3 is 10.4 Å². The molecule has 1 rings (SSSR count). The molecular formula is C10H13FN2O4S. The Balaban J connectivity index is 2.65. The highest BCUT2D eigenvalue weighted by molar-refractivity contribution is 7.89. The third-order valence-corrected chi connectivity index (χ3v) is 3.57. The van der Waals surface area contributed by atoms with Crippen LogP contribution < -0.4 is 10.0 Å². The van der Waals surface area contributed by atoms with E-state index in [-0.39, 0.29) is 12.3 Å². The number of benzene rings is 1. The van der Waals surface area contributed by atoms with Gasteiger partial charge in [0, 0.05) is 12.2 Å². The molecule has 0 heterocycles. The lowest BCUT2D eigenvalue weighted by Gasteiger charge is -2.07. The van der Waals surface area contributed by atoms with Gasteiger partial charge in [0.05, 0.1) is 11.3 Å². The minimum Gasteiger partial charge on any atom is -0.478 e. The summed E-state index contributed by atoms with van der Waals surface area (Å²) < 4.78 is 37.6. The predicted molar refractivity (Wildman–Crippen MR) is 64.7 cm³/mol. The van der Waals surface area contributed by atoms with E-state index in [1.165, 1.54) is 13.1 Å². The first kappa shape index (κ1) is 14.4. The topological polar surface area (TPSA) is 95.5 Å². The first-order chi connectivity index (χ1) is 8.35. The van der Waals surface area contributed by atoms with Crippen molar-refractivity contribution >= 4 is 21.7 Å². The van der Waals surface area contributed by atoms with Gasteiger partial charge in [-0.15, -0.1) is 0 Å². The molecule has 0 aliphatic heterocycles. The molecule has 0 fully saturated rings. The highest BCUT2D eigenvalue weighted by Gasteiger charge is 2.11. The molecule has 0 spiro atoms. The summed E-state index contributed by atoms with van der Waals surface area (Å²) >= 11 is 0. The first-order valence-corrected chi connectivity index (χ1v) is 6.69. The first-order valence-electron chi connectivity index (χ1n) is 5.03. The van der Waals surface area contributed by atoms with E-state index < -0.39 is 27.4 Å². The predicted octanol–water partition coefficient (Wildman–Crippen LogP) is 0.485. The molecule has 0 radical (unpaired) electrons. The largest absolute Gasteiger partial charge is 0.478 e. The smallest absolute Gasteiger partial charge is 0.338 e. The highest BCUT2D eigenvalue weighted by Crippen LogP contribution is 2.14. The van der Waals surface area contributed by atoms with Gasteiger partial charge in [-0.1, -0.05) is 0 Å². The Bertz CT molecular complexity index is 545. The van der Waals surface area contributed by atoms with E-state index in [1.807, 2.05) is 0 Å². The van der Waals surface area contributed by atoms with E-state index in [0.29, 0.717) is 5.69 Å². The van der Waals surface area contributed by atoms with E-state index in [0.717, 1.165) is 12.1 Å². The van der Waals surface area contributed by atoms with E-state index in [9.17, 15) is 17.6 Å². The Labute approximate surface area is 104 Å². The molecule has 18 heavy (non-hydrogen) atoms. The molecular weight excluding hydrogens is 263 g/mol. The second kappa shape index (κ2) is 5.78. The fourth-order valence-electron chi connectivity index (χ4n) is 1.23. The molecule has 8 heteroatoms. The van der Waals surface area contributed by atoms with Gasteiger partial charge in [-0.05, 0) is 25.2 Å². The van der Waals surface area contributed by atoms with Crippen LogP contribution in [0.4, 0.5) is 10.1 Å². The molecule has 6 nitrogen and oxygen atoms in total. The number of aromatic carboxylic acids is 1. The second-order valence-electron chi connectivity index (χ2n) is 3.45. The van der Waals surface area contributed by atoms with Crippen molar-refractivity contribution in [3.05, 3.63) is 29.6 Å². The summed E-state index contributed by atoms with van der Waals surface area (Å²) in [5.41, 5.74) is -0.104. The number of halogens is 1. The summed E-state index contributed by atoms with van der Waals surface area (Å²) in [6, 6.07) is 3.50. The lowest BCUT2D eigenvalue weighted by atomic mass is 10.2. The maximum absolute atomic E-state index is 13.3. The highest BCUT2D eigenvalue weighted by atomic mass is 32.2. The van der Waals surface area contributed by atoms with E-state index >= 15 is 0 Å². The Hall–Kier alpha value is -1.67. The Kier molecular flexibility index (Phi) is 4.62. The van der Waals surface area contributed by atoms with Crippen molar-refractivity contribution in [3.8, 4) is 0 Å². The number of hydrogen-bond acceptors (Lipinski definition) is 4. The number of carboxylic acids is 1. The number of carboxylic acid groups (broad SMARTS) is 1. The average Bonchev–Trinajstić information content (AvgIpc) is 2.28. The third-order valence-electron chi connectivity index (χ3n) is 2.21. The summed E-state index contributed by atoms with van der Waals surface area (Å²) in [5, 5.41) is 11.3. The minimum absolute atomic E-state index is 0.0923. The maximum atomic E-state index is 13.3. The maximum Gasteiger partial charge on any atom is 0.338 e. The number of rotatable bonds is 6. The summed E-state index contributed by atoms with van der Waals surface area (Å²) in [4.78, 5) is 10.6. The monoisotopic (exact) mass is 276 g/mol. The van der Waals surface area contributed by atoms with Crippen molar-refractivity contribution in [3.63, 3.8) is 0 Å².